The van der Waals surface area contributed by atoms with Crippen LogP contribution in [0.2, 0.25) is 5.02 Å². The van der Waals surface area contributed by atoms with Gasteiger partial charge in [0, 0.05) is 12.2 Å². The van der Waals surface area contributed by atoms with Crippen LogP contribution in [0, 0.1) is 13.8 Å². The second kappa shape index (κ2) is 9.52. The fourth-order valence-corrected chi connectivity index (χ4v) is 3.13. The Morgan fingerprint density at radius 2 is 1.46 bits per heavy atom. The summed E-state index contributed by atoms with van der Waals surface area (Å²) in [6.07, 6.45) is 0. The van der Waals surface area contributed by atoms with Crippen LogP contribution in [0.5, 0.6) is 11.5 Å². The largest absolute Gasteiger partial charge is 0.490 e. The topological polar surface area (TPSA) is 30.5 Å². The molecule has 0 aliphatic carbocycles. The van der Waals surface area contributed by atoms with E-state index in [1.807, 2.05) is 19.1 Å². The van der Waals surface area contributed by atoms with E-state index in [9.17, 15) is 0 Å². The van der Waals surface area contributed by atoms with Crippen molar-refractivity contribution in [3.63, 3.8) is 0 Å². The Bertz CT molecular complexity index is 905. The average molecular weight is 396 g/mol. The number of hydrogen-bond acceptors (Lipinski definition) is 3. The fraction of sp³-hybridized carbons (Fsp3) is 0.250. The Kier molecular flexibility index (Phi) is 6.83. The molecule has 0 aromatic heterocycles. The van der Waals surface area contributed by atoms with Crippen molar-refractivity contribution in [1.29, 1.82) is 0 Å². The molecule has 0 spiro atoms. The van der Waals surface area contributed by atoms with E-state index in [2.05, 4.69) is 67.7 Å². The minimum Gasteiger partial charge on any atom is -0.490 e. The van der Waals surface area contributed by atoms with E-state index >= 15 is 0 Å². The van der Waals surface area contributed by atoms with E-state index in [0.29, 0.717) is 36.3 Å². The lowest BCUT2D eigenvalue weighted by Gasteiger charge is -2.16. The van der Waals surface area contributed by atoms with Crippen LogP contribution in [0.1, 0.15) is 29.2 Å². The third-order valence-corrected chi connectivity index (χ3v) is 4.70. The highest BCUT2D eigenvalue weighted by molar-refractivity contribution is 6.32. The van der Waals surface area contributed by atoms with Crippen molar-refractivity contribution in [2.75, 3.05) is 11.9 Å². The highest BCUT2D eigenvalue weighted by Crippen LogP contribution is 2.37. The average Bonchev–Trinajstić information content (AvgIpc) is 2.68. The van der Waals surface area contributed by atoms with Crippen LogP contribution in [-0.2, 0) is 13.2 Å². The number of ether oxygens (including phenoxy) is 2. The summed E-state index contributed by atoms with van der Waals surface area (Å²) in [5.41, 5.74) is 5.66. The van der Waals surface area contributed by atoms with Crippen LogP contribution in [0.25, 0.3) is 0 Å². The summed E-state index contributed by atoms with van der Waals surface area (Å²) < 4.78 is 11.8. The number of halogens is 1. The predicted octanol–water partition coefficient (Wildman–Crippen LogP) is 6.55. The minimum absolute atomic E-state index is 0.445. The molecule has 0 aliphatic heterocycles. The Morgan fingerprint density at radius 1 is 0.821 bits per heavy atom. The highest BCUT2D eigenvalue weighted by atomic mass is 35.5. The number of nitrogens with one attached hydrogen (secondary N) is 1. The van der Waals surface area contributed by atoms with Crippen molar-refractivity contribution >= 4 is 17.3 Å². The van der Waals surface area contributed by atoms with Crippen molar-refractivity contribution in [2.45, 2.75) is 33.9 Å². The van der Waals surface area contributed by atoms with Crippen molar-refractivity contribution in [1.82, 2.24) is 0 Å². The van der Waals surface area contributed by atoms with Crippen molar-refractivity contribution in [3.05, 3.63) is 87.9 Å². The van der Waals surface area contributed by atoms with Crippen LogP contribution in [0.3, 0.4) is 0 Å². The van der Waals surface area contributed by atoms with Gasteiger partial charge in [0.2, 0.25) is 0 Å². The molecule has 0 atom stereocenters. The molecule has 28 heavy (non-hydrogen) atoms. The predicted molar refractivity (Wildman–Crippen MR) is 117 cm³/mol. The zero-order valence-electron chi connectivity index (χ0n) is 16.6. The van der Waals surface area contributed by atoms with Gasteiger partial charge in [-0.2, -0.15) is 0 Å². The van der Waals surface area contributed by atoms with Crippen LogP contribution < -0.4 is 14.8 Å². The minimum atomic E-state index is 0.445. The summed E-state index contributed by atoms with van der Waals surface area (Å²) in [6.45, 7) is 7.74. The molecule has 0 radical (unpaired) electrons. The molecule has 0 saturated heterocycles. The molecule has 1 N–H and O–H groups in total. The molecule has 0 heterocycles. The van der Waals surface area contributed by atoms with Gasteiger partial charge in [0.25, 0.3) is 0 Å². The van der Waals surface area contributed by atoms with E-state index in [0.717, 1.165) is 16.8 Å². The lowest BCUT2D eigenvalue weighted by atomic mass is 10.1. The quantitative estimate of drug-likeness (QED) is 0.469. The molecule has 0 fully saturated rings. The summed E-state index contributed by atoms with van der Waals surface area (Å²) in [7, 11) is 0. The van der Waals surface area contributed by atoms with E-state index in [-0.39, 0.29) is 0 Å². The van der Waals surface area contributed by atoms with Gasteiger partial charge in [-0.05, 0) is 56.2 Å². The normalized spacial score (nSPS) is 10.6. The Hall–Kier alpha value is -2.65. The standard InChI is InChI=1S/C24H26ClNO2/c1-4-27-23-14-20(15-26-21-11-7-18(3)8-12-21)13-22(25)24(23)28-16-19-9-5-17(2)6-10-19/h5-14,26H,4,15-16H2,1-3H3. The van der Waals surface area contributed by atoms with Gasteiger partial charge in [-0.1, -0.05) is 59.1 Å². The molecule has 3 aromatic carbocycles. The van der Waals surface area contributed by atoms with Gasteiger partial charge >= 0.3 is 0 Å². The van der Waals surface area contributed by atoms with Crippen molar-refractivity contribution < 1.29 is 9.47 Å². The third-order valence-electron chi connectivity index (χ3n) is 4.42. The first-order chi connectivity index (χ1) is 13.5. The van der Waals surface area contributed by atoms with E-state index in [1.165, 1.54) is 11.1 Å². The summed E-state index contributed by atoms with van der Waals surface area (Å²) in [5, 5.41) is 3.97. The Balaban J connectivity index is 1.73. The fourth-order valence-electron chi connectivity index (χ4n) is 2.84. The van der Waals surface area contributed by atoms with Crippen LogP contribution >= 0.6 is 11.6 Å². The summed E-state index contributed by atoms with van der Waals surface area (Å²) in [5.74, 6) is 1.26. The molecule has 3 aromatic rings. The molecule has 0 aliphatic rings. The Morgan fingerprint density at radius 3 is 2.11 bits per heavy atom. The van der Waals surface area contributed by atoms with Gasteiger partial charge in [-0.3, -0.25) is 0 Å². The zero-order valence-corrected chi connectivity index (χ0v) is 17.3. The second-order valence-corrected chi connectivity index (χ2v) is 7.24. The van der Waals surface area contributed by atoms with Crippen LogP contribution in [-0.4, -0.2) is 6.61 Å². The lowest BCUT2D eigenvalue weighted by Crippen LogP contribution is -2.04. The maximum atomic E-state index is 6.53. The van der Waals surface area contributed by atoms with Gasteiger partial charge in [-0.25, -0.2) is 0 Å². The van der Waals surface area contributed by atoms with Crippen molar-refractivity contribution in [3.8, 4) is 11.5 Å². The molecule has 0 bridgehead atoms. The van der Waals surface area contributed by atoms with Gasteiger partial charge in [-0.15, -0.1) is 0 Å². The summed E-state index contributed by atoms with van der Waals surface area (Å²) >= 11 is 6.53. The number of rotatable bonds is 8. The van der Waals surface area contributed by atoms with Gasteiger partial charge in [0.15, 0.2) is 11.5 Å². The molecular formula is C24H26ClNO2. The van der Waals surface area contributed by atoms with E-state index in [1.54, 1.807) is 0 Å². The molecule has 0 amide bonds. The molecule has 0 saturated carbocycles. The van der Waals surface area contributed by atoms with Gasteiger partial charge < -0.3 is 14.8 Å². The third kappa shape index (κ3) is 5.43. The van der Waals surface area contributed by atoms with Crippen LogP contribution in [0.15, 0.2) is 60.7 Å². The summed E-state index contributed by atoms with van der Waals surface area (Å²) in [4.78, 5) is 0. The first-order valence-corrected chi connectivity index (χ1v) is 9.87. The van der Waals surface area contributed by atoms with Crippen molar-refractivity contribution in [2.24, 2.45) is 0 Å². The maximum Gasteiger partial charge on any atom is 0.180 e. The smallest absolute Gasteiger partial charge is 0.180 e. The number of anilines is 1. The number of benzene rings is 3. The SMILES string of the molecule is CCOc1cc(CNc2ccc(C)cc2)cc(Cl)c1OCc1ccc(C)cc1. The molecule has 4 heteroatoms. The van der Waals surface area contributed by atoms with E-state index in [4.69, 9.17) is 21.1 Å². The number of hydrogen-bond donors (Lipinski definition) is 1. The monoisotopic (exact) mass is 395 g/mol. The first-order valence-electron chi connectivity index (χ1n) is 9.49. The molecule has 146 valence electrons. The molecular weight excluding hydrogens is 370 g/mol. The summed E-state index contributed by atoms with van der Waals surface area (Å²) in [6, 6.07) is 20.5. The molecule has 3 nitrogen and oxygen atoms in total. The lowest BCUT2D eigenvalue weighted by molar-refractivity contribution is 0.269. The van der Waals surface area contributed by atoms with Gasteiger partial charge in [0.05, 0.1) is 11.6 Å². The zero-order chi connectivity index (χ0) is 19.9. The van der Waals surface area contributed by atoms with E-state index < -0.39 is 0 Å². The highest BCUT2D eigenvalue weighted by Gasteiger charge is 2.13. The second-order valence-electron chi connectivity index (χ2n) is 6.83. The molecule has 0 unspecified atom stereocenters. The van der Waals surface area contributed by atoms with Gasteiger partial charge in [0.1, 0.15) is 6.61 Å². The first kappa shape index (κ1) is 20.1. The maximum absolute atomic E-state index is 6.53. The van der Waals surface area contributed by atoms with Crippen LogP contribution in [0.4, 0.5) is 5.69 Å². The molecule has 3 rings (SSSR count). The number of aryl methyl sites for hydroxylation is 2. The Labute approximate surface area is 172 Å².